The van der Waals surface area contributed by atoms with Crippen molar-refractivity contribution in [3.05, 3.63) is 35.9 Å². The molecule has 0 aliphatic carbocycles. The Morgan fingerprint density at radius 1 is 0.909 bits per heavy atom. The molecule has 2 atom stereocenters. The first-order valence-corrected chi connectivity index (χ1v) is 6.18. The lowest BCUT2D eigenvalue weighted by molar-refractivity contribution is -0.161. The van der Waals surface area contributed by atoms with Crippen molar-refractivity contribution >= 4 is 25.4 Å². The van der Waals surface area contributed by atoms with Crippen LogP contribution in [0.4, 0.5) is 0 Å². The summed E-state index contributed by atoms with van der Waals surface area (Å²) in [6.07, 6.45) is -2.19. The summed E-state index contributed by atoms with van der Waals surface area (Å²) in [5, 5.41) is 0. The number of hydrogen-bond donors (Lipinski definition) is 0. The molecule has 0 aromatic heterocycles. The van der Waals surface area contributed by atoms with Crippen molar-refractivity contribution in [1.29, 1.82) is 0 Å². The second kappa shape index (κ2) is 9.92. The fourth-order valence-corrected chi connectivity index (χ4v) is 1.56. The monoisotopic (exact) mass is 310 g/mol. The van der Waals surface area contributed by atoms with E-state index in [9.17, 15) is 19.2 Å². The average Bonchev–Trinajstić information content (AvgIpc) is 2.56. The van der Waals surface area contributed by atoms with Gasteiger partial charge in [0.05, 0.1) is 5.56 Å². The minimum atomic E-state index is -1.10. The van der Waals surface area contributed by atoms with Crippen LogP contribution in [0.3, 0.4) is 0 Å². The van der Waals surface area contributed by atoms with Crippen LogP contribution >= 0.6 is 0 Å². The molecule has 1 aromatic rings. The largest absolute Gasteiger partial charge is 0.464 e. The molecule has 2 unspecified atom stereocenters. The van der Waals surface area contributed by atoms with Crippen molar-refractivity contribution in [2.45, 2.75) is 12.2 Å². The van der Waals surface area contributed by atoms with Crippen LogP contribution in [0, 0.1) is 0 Å². The third-order valence-corrected chi connectivity index (χ3v) is 2.59. The molecule has 0 aliphatic rings. The molecule has 0 aliphatic heterocycles. The highest BCUT2D eigenvalue weighted by molar-refractivity contribution is 5.89. The molecule has 0 heterocycles. The second-order valence-corrected chi connectivity index (χ2v) is 3.94. The number of carbonyl (C=O) groups is 4. The Kier molecular flexibility index (Phi) is 7.73. The minimum absolute atomic E-state index is 0.110. The van der Waals surface area contributed by atoms with Gasteiger partial charge >= 0.3 is 5.97 Å². The lowest BCUT2D eigenvalue weighted by atomic mass is 10.2. The van der Waals surface area contributed by atoms with Gasteiger partial charge in [0.15, 0.2) is 12.2 Å². The first kappa shape index (κ1) is 17.2. The van der Waals surface area contributed by atoms with Crippen LogP contribution in [-0.4, -0.2) is 50.8 Å². The van der Waals surface area contributed by atoms with Gasteiger partial charge in [0.25, 0.3) is 19.4 Å². The lowest BCUT2D eigenvalue weighted by Gasteiger charge is -2.22. The van der Waals surface area contributed by atoms with Crippen LogP contribution in [0.1, 0.15) is 10.4 Å². The Morgan fingerprint density at radius 3 is 2.05 bits per heavy atom. The lowest BCUT2D eigenvalue weighted by Crippen LogP contribution is -2.39. The first-order valence-electron chi connectivity index (χ1n) is 6.18. The normalized spacial score (nSPS) is 12.4. The predicted octanol–water partition coefficient (Wildman–Crippen LogP) is 0.0996. The van der Waals surface area contributed by atoms with Crippen LogP contribution in [0.15, 0.2) is 30.3 Å². The van der Waals surface area contributed by atoms with E-state index in [-0.39, 0.29) is 32.6 Å². The van der Waals surface area contributed by atoms with Gasteiger partial charge in [-0.1, -0.05) is 18.2 Å². The molecule has 22 heavy (non-hydrogen) atoms. The van der Waals surface area contributed by atoms with E-state index in [2.05, 4.69) is 9.47 Å². The van der Waals surface area contributed by atoms with E-state index in [1.165, 1.54) is 0 Å². The molecule has 0 bridgehead atoms. The van der Waals surface area contributed by atoms with Crippen molar-refractivity contribution in [3.63, 3.8) is 0 Å². The van der Waals surface area contributed by atoms with Gasteiger partial charge in [-0.2, -0.15) is 0 Å². The minimum Gasteiger partial charge on any atom is -0.464 e. The van der Waals surface area contributed by atoms with E-state index in [0.717, 1.165) is 0 Å². The Morgan fingerprint density at radius 2 is 1.50 bits per heavy atom. The summed E-state index contributed by atoms with van der Waals surface area (Å²) in [7, 11) is 0. The van der Waals surface area contributed by atoms with Gasteiger partial charge < -0.3 is 18.9 Å². The molecule has 8 heteroatoms. The zero-order valence-corrected chi connectivity index (χ0v) is 11.5. The van der Waals surface area contributed by atoms with Gasteiger partial charge in [-0.3, -0.25) is 14.4 Å². The van der Waals surface area contributed by atoms with Crippen molar-refractivity contribution in [1.82, 2.24) is 0 Å². The summed E-state index contributed by atoms with van der Waals surface area (Å²) in [6.45, 7) is -0.339. The van der Waals surface area contributed by atoms with Gasteiger partial charge in [-0.05, 0) is 12.1 Å². The van der Waals surface area contributed by atoms with E-state index in [1.807, 2.05) is 0 Å². The SMILES string of the molecule is O=COCC(OC=O)C(COC(=O)c1ccccc1)OC=O. The third kappa shape index (κ3) is 5.61. The quantitative estimate of drug-likeness (QED) is 0.322. The summed E-state index contributed by atoms with van der Waals surface area (Å²) >= 11 is 0. The van der Waals surface area contributed by atoms with Gasteiger partial charge in [-0.25, -0.2) is 4.79 Å². The molecule has 0 fully saturated rings. The van der Waals surface area contributed by atoms with Crippen LogP contribution in [0.25, 0.3) is 0 Å². The molecular weight excluding hydrogens is 296 g/mol. The Balaban J connectivity index is 2.64. The third-order valence-electron chi connectivity index (χ3n) is 2.59. The van der Waals surface area contributed by atoms with Crippen molar-refractivity contribution in [2.75, 3.05) is 13.2 Å². The second-order valence-electron chi connectivity index (χ2n) is 3.94. The molecule has 8 nitrogen and oxygen atoms in total. The maximum Gasteiger partial charge on any atom is 0.338 e. The average molecular weight is 310 g/mol. The Bertz CT molecular complexity index is 487. The Labute approximate surface area is 125 Å². The fraction of sp³-hybridized carbons (Fsp3) is 0.286. The smallest absolute Gasteiger partial charge is 0.338 e. The summed E-state index contributed by atoms with van der Waals surface area (Å²) in [4.78, 5) is 42.9. The molecule has 0 saturated carbocycles. The van der Waals surface area contributed by atoms with Crippen LogP contribution < -0.4 is 0 Å². The summed E-state index contributed by atoms with van der Waals surface area (Å²) in [5.74, 6) is -0.638. The zero-order valence-electron chi connectivity index (χ0n) is 11.5. The molecule has 0 N–H and O–H groups in total. The van der Waals surface area contributed by atoms with Crippen LogP contribution in [-0.2, 0) is 33.3 Å². The first-order chi connectivity index (χ1) is 10.7. The molecule has 118 valence electrons. The summed E-state index contributed by atoms with van der Waals surface area (Å²) < 4.78 is 18.8. The standard InChI is InChI=1S/C14H14O8/c15-8-19-6-12(21-9-16)13(22-10-17)7-20-14(18)11-4-2-1-3-5-11/h1-5,8-10,12-13H,6-7H2. The molecule has 1 aromatic carbocycles. The molecule has 1 rings (SSSR count). The number of hydrogen-bond acceptors (Lipinski definition) is 8. The van der Waals surface area contributed by atoms with Crippen molar-refractivity contribution in [2.24, 2.45) is 0 Å². The van der Waals surface area contributed by atoms with Gasteiger partial charge in [-0.15, -0.1) is 0 Å². The van der Waals surface area contributed by atoms with E-state index in [1.54, 1.807) is 30.3 Å². The molecular formula is C14H14O8. The van der Waals surface area contributed by atoms with E-state index >= 15 is 0 Å². The highest BCUT2D eigenvalue weighted by Gasteiger charge is 2.27. The molecule has 0 spiro atoms. The number of ether oxygens (including phenoxy) is 4. The van der Waals surface area contributed by atoms with Crippen LogP contribution in [0.5, 0.6) is 0 Å². The van der Waals surface area contributed by atoms with Gasteiger partial charge in [0.1, 0.15) is 13.2 Å². The number of esters is 1. The summed E-state index contributed by atoms with van der Waals surface area (Å²) in [5.41, 5.74) is 0.310. The van der Waals surface area contributed by atoms with E-state index in [0.29, 0.717) is 5.56 Å². The number of benzene rings is 1. The number of carbonyl (C=O) groups excluding carboxylic acids is 4. The maximum atomic E-state index is 11.8. The van der Waals surface area contributed by atoms with Crippen LogP contribution in [0.2, 0.25) is 0 Å². The maximum absolute atomic E-state index is 11.8. The van der Waals surface area contributed by atoms with Gasteiger partial charge in [0.2, 0.25) is 0 Å². The molecule has 0 radical (unpaired) electrons. The molecule has 0 saturated heterocycles. The zero-order chi connectivity index (χ0) is 16.2. The van der Waals surface area contributed by atoms with Crippen molar-refractivity contribution in [3.8, 4) is 0 Å². The van der Waals surface area contributed by atoms with E-state index in [4.69, 9.17) is 9.47 Å². The van der Waals surface area contributed by atoms with Gasteiger partial charge in [0, 0.05) is 0 Å². The van der Waals surface area contributed by atoms with Crippen molar-refractivity contribution < 1.29 is 38.1 Å². The highest BCUT2D eigenvalue weighted by Crippen LogP contribution is 2.07. The highest BCUT2D eigenvalue weighted by atomic mass is 16.6. The predicted molar refractivity (Wildman–Crippen MR) is 70.6 cm³/mol. The molecule has 0 amide bonds. The number of rotatable bonds is 11. The Hall–Kier alpha value is -2.90. The fourth-order valence-electron chi connectivity index (χ4n) is 1.56. The topological polar surface area (TPSA) is 105 Å². The summed E-state index contributed by atoms with van der Waals surface area (Å²) in [6, 6.07) is 8.15. The van der Waals surface area contributed by atoms with E-state index < -0.39 is 18.2 Å².